The van der Waals surface area contributed by atoms with Crippen molar-refractivity contribution in [2.75, 3.05) is 13.4 Å². The number of nitrogens with zero attached hydrogens (tertiary/aromatic N) is 1. The van der Waals surface area contributed by atoms with Crippen molar-refractivity contribution in [3.05, 3.63) is 52.6 Å². The first kappa shape index (κ1) is 15.8. The molecule has 0 atom stereocenters. The lowest BCUT2D eigenvalue weighted by Gasteiger charge is -2.10. The van der Waals surface area contributed by atoms with E-state index in [0.29, 0.717) is 11.5 Å². The first-order valence-corrected chi connectivity index (χ1v) is 8.01. The van der Waals surface area contributed by atoms with Crippen LogP contribution in [0.2, 0.25) is 0 Å². The summed E-state index contributed by atoms with van der Waals surface area (Å²) in [7, 11) is -2.07. The molecular weight excluding hydrogens is 310 g/mol. The lowest BCUT2D eigenvalue weighted by molar-refractivity contribution is -0.385. The normalized spacial score (nSPS) is 11.0. The van der Waals surface area contributed by atoms with E-state index < -0.39 is 14.8 Å². The quantitative estimate of drug-likeness (QED) is 0.620. The van der Waals surface area contributed by atoms with Gasteiger partial charge in [0.25, 0.3) is 5.69 Å². The van der Waals surface area contributed by atoms with Crippen LogP contribution in [0.1, 0.15) is 0 Å². The van der Waals surface area contributed by atoms with Gasteiger partial charge < -0.3 is 9.47 Å². The largest absolute Gasteiger partial charge is 0.497 e. The minimum Gasteiger partial charge on any atom is -0.497 e. The summed E-state index contributed by atoms with van der Waals surface area (Å²) < 4.78 is 34.0. The first-order chi connectivity index (χ1) is 10.3. The summed E-state index contributed by atoms with van der Waals surface area (Å²) in [4.78, 5) is 10.1. The summed E-state index contributed by atoms with van der Waals surface area (Å²) in [6, 6.07) is 9.78. The average molecular weight is 323 g/mol. The van der Waals surface area contributed by atoms with Crippen molar-refractivity contribution in [1.82, 2.24) is 0 Å². The Labute approximate surface area is 127 Å². The van der Waals surface area contributed by atoms with Crippen molar-refractivity contribution in [3.63, 3.8) is 0 Å². The van der Waals surface area contributed by atoms with E-state index in [4.69, 9.17) is 9.47 Å². The zero-order valence-electron chi connectivity index (χ0n) is 11.8. The highest BCUT2D eigenvalue weighted by Crippen LogP contribution is 2.32. The molecular formula is C14H13NO6S. The van der Waals surface area contributed by atoms with Crippen molar-refractivity contribution >= 4 is 15.5 Å². The van der Waals surface area contributed by atoms with Crippen molar-refractivity contribution in [1.29, 1.82) is 0 Å². The number of hydrogen-bond acceptors (Lipinski definition) is 6. The van der Waals surface area contributed by atoms with Crippen LogP contribution in [0.25, 0.3) is 0 Å². The van der Waals surface area contributed by atoms with E-state index in [0.717, 1.165) is 24.5 Å². The van der Waals surface area contributed by atoms with Gasteiger partial charge in [-0.2, -0.15) is 0 Å². The summed E-state index contributed by atoms with van der Waals surface area (Å²) in [5.74, 6) is 0.850. The summed E-state index contributed by atoms with van der Waals surface area (Å²) >= 11 is 0. The molecule has 22 heavy (non-hydrogen) atoms. The fraction of sp³-hybridized carbons (Fsp3) is 0.143. The maximum Gasteiger partial charge on any atom is 0.273 e. The Bertz CT molecular complexity index is 799. The van der Waals surface area contributed by atoms with Gasteiger partial charge in [0, 0.05) is 12.3 Å². The number of nitro groups is 1. The molecule has 0 N–H and O–H groups in total. The second-order valence-corrected chi connectivity index (χ2v) is 6.42. The fourth-order valence-electron chi connectivity index (χ4n) is 1.77. The zero-order chi connectivity index (χ0) is 16.3. The van der Waals surface area contributed by atoms with E-state index >= 15 is 0 Å². The van der Waals surface area contributed by atoms with Gasteiger partial charge in [0.2, 0.25) is 0 Å². The predicted molar refractivity (Wildman–Crippen MR) is 79.3 cm³/mol. The Morgan fingerprint density at radius 2 is 1.64 bits per heavy atom. The molecule has 0 fully saturated rings. The predicted octanol–water partition coefficient (Wildman–Crippen LogP) is 2.80. The summed E-state index contributed by atoms with van der Waals surface area (Å²) in [6.45, 7) is 0. The highest BCUT2D eigenvalue weighted by atomic mass is 32.2. The molecule has 0 unspecified atom stereocenters. The van der Waals surface area contributed by atoms with E-state index in [9.17, 15) is 18.5 Å². The Morgan fingerprint density at radius 3 is 2.14 bits per heavy atom. The highest BCUT2D eigenvalue weighted by Gasteiger charge is 2.19. The molecule has 0 aliphatic rings. The summed E-state index contributed by atoms with van der Waals surface area (Å²) in [5.41, 5.74) is -0.254. The topological polar surface area (TPSA) is 95.7 Å². The molecule has 0 saturated heterocycles. The van der Waals surface area contributed by atoms with Gasteiger partial charge in [-0.3, -0.25) is 10.1 Å². The maximum atomic E-state index is 11.8. The van der Waals surface area contributed by atoms with E-state index in [1.807, 2.05) is 0 Å². The molecule has 0 aromatic heterocycles. The molecule has 0 spiro atoms. The van der Waals surface area contributed by atoms with Crippen LogP contribution in [0.5, 0.6) is 17.2 Å². The van der Waals surface area contributed by atoms with Crippen LogP contribution in [-0.2, 0) is 9.84 Å². The van der Waals surface area contributed by atoms with Crippen LogP contribution in [-0.4, -0.2) is 26.7 Å². The highest BCUT2D eigenvalue weighted by molar-refractivity contribution is 7.90. The van der Waals surface area contributed by atoms with Crippen LogP contribution in [0.3, 0.4) is 0 Å². The number of non-ortho nitro benzene ring substituents is 1. The number of ether oxygens (including phenoxy) is 2. The standard InChI is InChI=1S/C14H13NO6S/c1-20-11-4-6-12(7-5-11)21-13-9-10(15(16)17)3-8-14(13)22(2,18)19/h3-9H,1-2H3. The number of methoxy groups -OCH3 is 1. The molecule has 0 radical (unpaired) electrons. The van der Waals surface area contributed by atoms with Crippen LogP contribution in [0, 0.1) is 10.1 Å². The number of benzene rings is 2. The van der Waals surface area contributed by atoms with Crippen LogP contribution < -0.4 is 9.47 Å². The molecule has 0 amide bonds. The molecule has 8 heteroatoms. The third kappa shape index (κ3) is 3.53. The molecule has 0 bridgehead atoms. The first-order valence-electron chi connectivity index (χ1n) is 6.11. The Kier molecular flexibility index (Phi) is 4.32. The molecule has 7 nitrogen and oxygen atoms in total. The van der Waals surface area contributed by atoms with E-state index in [-0.39, 0.29) is 16.3 Å². The van der Waals surface area contributed by atoms with Gasteiger partial charge in [-0.15, -0.1) is 0 Å². The van der Waals surface area contributed by atoms with E-state index in [1.54, 1.807) is 24.3 Å². The van der Waals surface area contributed by atoms with Crippen molar-refractivity contribution in [3.8, 4) is 17.2 Å². The lowest BCUT2D eigenvalue weighted by atomic mass is 10.3. The summed E-state index contributed by atoms with van der Waals surface area (Å²) in [5, 5.41) is 10.8. The lowest BCUT2D eigenvalue weighted by Crippen LogP contribution is -2.01. The van der Waals surface area contributed by atoms with Gasteiger partial charge in [-0.1, -0.05) is 0 Å². The maximum absolute atomic E-state index is 11.8. The molecule has 116 valence electrons. The van der Waals surface area contributed by atoms with Crippen LogP contribution in [0.4, 0.5) is 5.69 Å². The third-order valence-electron chi connectivity index (χ3n) is 2.82. The van der Waals surface area contributed by atoms with Gasteiger partial charge in [0.05, 0.1) is 18.1 Å². The number of rotatable bonds is 5. The molecule has 0 saturated carbocycles. The van der Waals surface area contributed by atoms with Crippen molar-refractivity contribution < 1.29 is 22.8 Å². The third-order valence-corrected chi connectivity index (χ3v) is 3.96. The Balaban J connectivity index is 2.46. The number of sulfone groups is 1. The second kappa shape index (κ2) is 6.02. The van der Waals surface area contributed by atoms with E-state index in [1.165, 1.54) is 7.11 Å². The van der Waals surface area contributed by atoms with Gasteiger partial charge in [-0.05, 0) is 30.3 Å². The molecule has 2 rings (SSSR count). The number of hydrogen-bond donors (Lipinski definition) is 0. The van der Waals surface area contributed by atoms with Gasteiger partial charge in [0.15, 0.2) is 15.6 Å². The molecule has 0 heterocycles. The summed E-state index contributed by atoms with van der Waals surface area (Å²) in [6.07, 6.45) is 1.01. The van der Waals surface area contributed by atoms with Gasteiger partial charge in [0.1, 0.15) is 16.4 Å². The van der Waals surface area contributed by atoms with E-state index in [2.05, 4.69) is 0 Å². The zero-order valence-corrected chi connectivity index (χ0v) is 12.7. The average Bonchev–Trinajstić information content (AvgIpc) is 2.46. The van der Waals surface area contributed by atoms with Gasteiger partial charge in [-0.25, -0.2) is 8.42 Å². The monoisotopic (exact) mass is 323 g/mol. The van der Waals surface area contributed by atoms with Crippen LogP contribution in [0.15, 0.2) is 47.4 Å². The molecule has 0 aliphatic heterocycles. The molecule has 2 aromatic carbocycles. The SMILES string of the molecule is COc1ccc(Oc2cc([N+](=O)[O-])ccc2S(C)(=O)=O)cc1. The number of nitro benzene ring substituents is 1. The minimum atomic E-state index is -3.58. The molecule has 0 aliphatic carbocycles. The fourth-order valence-corrected chi connectivity index (χ4v) is 2.55. The minimum absolute atomic E-state index is 0.0955. The second-order valence-electron chi connectivity index (χ2n) is 4.44. The van der Waals surface area contributed by atoms with Gasteiger partial charge >= 0.3 is 0 Å². The molecule has 2 aromatic rings. The van der Waals surface area contributed by atoms with Crippen molar-refractivity contribution in [2.45, 2.75) is 4.90 Å². The van der Waals surface area contributed by atoms with Crippen molar-refractivity contribution in [2.24, 2.45) is 0 Å². The van der Waals surface area contributed by atoms with Crippen LogP contribution >= 0.6 is 0 Å². The Hall–Kier alpha value is -2.61. The Morgan fingerprint density at radius 1 is 1.05 bits per heavy atom. The smallest absolute Gasteiger partial charge is 0.273 e.